The van der Waals surface area contributed by atoms with Gasteiger partial charge in [-0.05, 0) is 28.7 Å². The molecule has 5 nitrogen and oxygen atoms in total. The molecule has 1 aromatic heterocycles. The lowest BCUT2D eigenvalue weighted by Gasteiger charge is -2.08. The summed E-state index contributed by atoms with van der Waals surface area (Å²) in [5.74, 6) is -1.89. The monoisotopic (exact) mass is 373 g/mol. The van der Waals surface area contributed by atoms with E-state index in [1.54, 1.807) is 28.7 Å². The van der Waals surface area contributed by atoms with Crippen molar-refractivity contribution in [1.82, 2.24) is 9.97 Å². The molecule has 2 rings (SSSR count). The van der Waals surface area contributed by atoms with Gasteiger partial charge < -0.3 is 11.5 Å². The molecule has 0 unspecified atom stereocenters. The standard InChI is InChI=1S/C11H6F2IN5/c12-6-2-7(13)8(14)1-4(6)9-5(3-15)10(16)19-11(17)18-9/h1-2H,(H4,16,17,18,19). The van der Waals surface area contributed by atoms with Crippen molar-refractivity contribution in [1.29, 1.82) is 5.26 Å². The number of nitrogens with two attached hydrogens (primary N) is 2. The van der Waals surface area contributed by atoms with E-state index in [0.717, 1.165) is 0 Å². The largest absolute Gasteiger partial charge is 0.382 e. The number of aromatic nitrogens is 2. The van der Waals surface area contributed by atoms with Gasteiger partial charge in [0.25, 0.3) is 0 Å². The number of nitrogen functional groups attached to an aromatic ring is 2. The Hall–Kier alpha value is -2.02. The second-order valence-electron chi connectivity index (χ2n) is 3.55. The molecule has 19 heavy (non-hydrogen) atoms. The molecular formula is C11H6F2IN5. The Morgan fingerprint density at radius 2 is 1.84 bits per heavy atom. The van der Waals surface area contributed by atoms with E-state index in [1.165, 1.54) is 6.07 Å². The number of nitrogens with zero attached hydrogens (tertiary/aromatic N) is 3. The first-order chi connectivity index (χ1) is 8.93. The molecule has 0 aliphatic heterocycles. The molecule has 8 heteroatoms. The number of halogens is 3. The van der Waals surface area contributed by atoms with Crippen molar-refractivity contribution in [3.63, 3.8) is 0 Å². The lowest BCUT2D eigenvalue weighted by Crippen LogP contribution is -2.06. The molecule has 1 aromatic carbocycles. The molecule has 0 aliphatic rings. The van der Waals surface area contributed by atoms with Crippen LogP contribution < -0.4 is 11.5 Å². The van der Waals surface area contributed by atoms with Gasteiger partial charge in [-0.2, -0.15) is 10.2 Å². The summed E-state index contributed by atoms with van der Waals surface area (Å²) < 4.78 is 27.2. The second kappa shape index (κ2) is 4.93. The van der Waals surface area contributed by atoms with Gasteiger partial charge in [0.15, 0.2) is 0 Å². The van der Waals surface area contributed by atoms with Crippen molar-refractivity contribution in [3.05, 3.63) is 32.9 Å². The predicted molar refractivity (Wildman–Crippen MR) is 73.6 cm³/mol. The summed E-state index contributed by atoms with van der Waals surface area (Å²) in [6, 6.07) is 3.73. The Balaban J connectivity index is 2.79. The molecule has 0 bridgehead atoms. The highest BCUT2D eigenvalue weighted by Gasteiger charge is 2.18. The lowest BCUT2D eigenvalue weighted by atomic mass is 10.1. The highest BCUT2D eigenvalue weighted by atomic mass is 127. The normalized spacial score (nSPS) is 10.2. The average Bonchev–Trinajstić information content (AvgIpc) is 2.33. The molecular weight excluding hydrogens is 367 g/mol. The first-order valence-electron chi connectivity index (χ1n) is 4.92. The van der Waals surface area contributed by atoms with E-state index < -0.39 is 11.6 Å². The fraction of sp³-hybridized carbons (Fsp3) is 0. The second-order valence-corrected chi connectivity index (χ2v) is 4.71. The zero-order chi connectivity index (χ0) is 14.2. The highest BCUT2D eigenvalue weighted by Crippen LogP contribution is 2.29. The van der Waals surface area contributed by atoms with Gasteiger partial charge in [0.1, 0.15) is 29.1 Å². The smallest absolute Gasteiger partial charge is 0.222 e. The molecule has 0 aliphatic carbocycles. The molecule has 0 radical (unpaired) electrons. The number of benzene rings is 1. The molecule has 96 valence electrons. The number of nitriles is 1. The van der Waals surface area contributed by atoms with Gasteiger partial charge in [-0.1, -0.05) is 0 Å². The van der Waals surface area contributed by atoms with E-state index in [1.807, 2.05) is 0 Å². The molecule has 0 atom stereocenters. The minimum atomic E-state index is -0.855. The van der Waals surface area contributed by atoms with Crippen LogP contribution in [0.2, 0.25) is 0 Å². The Labute approximate surface area is 120 Å². The van der Waals surface area contributed by atoms with Gasteiger partial charge in [-0.25, -0.2) is 13.8 Å². The summed E-state index contributed by atoms with van der Waals surface area (Å²) >= 11 is 1.70. The third kappa shape index (κ3) is 2.41. The molecule has 0 saturated heterocycles. The fourth-order valence-corrected chi connectivity index (χ4v) is 1.97. The molecule has 0 saturated carbocycles. The highest BCUT2D eigenvalue weighted by molar-refractivity contribution is 14.1. The zero-order valence-corrected chi connectivity index (χ0v) is 11.4. The van der Waals surface area contributed by atoms with Crippen LogP contribution >= 0.6 is 22.6 Å². The van der Waals surface area contributed by atoms with E-state index in [4.69, 9.17) is 16.7 Å². The third-order valence-electron chi connectivity index (χ3n) is 2.33. The number of anilines is 2. The maximum absolute atomic E-state index is 13.8. The van der Waals surface area contributed by atoms with Crippen molar-refractivity contribution in [2.45, 2.75) is 0 Å². The summed E-state index contributed by atoms with van der Waals surface area (Å²) in [4.78, 5) is 7.43. The van der Waals surface area contributed by atoms with Crippen molar-refractivity contribution in [3.8, 4) is 17.3 Å². The summed E-state index contributed by atoms with van der Waals surface area (Å²) in [5.41, 5.74) is 10.8. The molecule has 0 fully saturated rings. The van der Waals surface area contributed by atoms with Crippen LogP contribution in [-0.4, -0.2) is 9.97 Å². The summed E-state index contributed by atoms with van der Waals surface area (Å²) in [7, 11) is 0. The minimum Gasteiger partial charge on any atom is -0.382 e. The number of rotatable bonds is 1. The topological polar surface area (TPSA) is 102 Å². The summed E-state index contributed by atoms with van der Waals surface area (Å²) in [6.07, 6.45) is 0. The maximum Gasteiger partial charge on any atom is 0.222 e. The summed E-state index contributed by atoms with van der Waals surface area (Å²) in [6.45, 7) is 0. The van der Waals surface area contributed by atoms with E-state index in [9.17, 15) is 8.78 Å². The van der Waals surface area contributed by atoms with Crippen LogP contribution in [0.25, 0.3) is 11.3 Å². The average molecular weight is 373 g/mol. The maximum atomic E-state index is 13.8. The van der Waals surface area contributed by atoms with Gasteiger partial charge in [-0.3, -0.25) is 0 Å². The van der Waals surface area contributed by atoms with Crippen LogP contribution in [0.15, 0.2) is 12.1 Å². The molecule has 1 heterocycles. The van der Waals surface area contributed by atoms with Crippen molar-refractivity contribution in [2.75, 3.05) is 11.5 Å². The molecule has 4 N–H and O–H groups in total. The third-order valence-corrected chi connectivity index (χ3v) is 3.16. The fourth-order valence-electron chi connectivity index (χ4n) is 1.51. The number of hydrogen-bond donors (Lipinski definition) is 2. The van der Waals surface area contributed by atoms with Gasteiger partial charge in [0.05, 0.1) is 5.69 Å². The zero-order valence-electron chi connectivity index (χ0n) is 9.28. The van der Waals surface area contributed by atoms with Crippen LogP contribution in [0, 0.1) is 26.5 Å². The van der Waals surface area contributed by atoms with Crippen molar-refractivity contribution >= 4 is 34.4 Å². The Morgan fingerprint density at radius 3 is 2.47 bits per heavy atom. The molecule has 2 aromatic rings. The first-order valence-corrected chi connectivity index (χ1v) is 6.00. The molecule has 0 amide bonds. The molecule has 0 spiro atoms. The Morgan fingerprint density at radius 1 is 1.16 bits per heavy atom. The number of hydrogen-bond acceptors (Lipinski definition) is 5. The van der Waals surface area contributed by atoms with E-state index >= 15 is 0 Å². The van der Waals surface area contributed by atoms with Crippen LogP contribution in [0.3, 0.4) is 0 Å². The van der Waals surface area contributed by atoms with E-state index in [2.05, 4.69) is 9.97 Å². The van der Waals surface area contributed by atoms with E-state index in [0.29, 0.717) is 6.07 Å². The van der Waals surface area contributed by atoms with Gasteiger partial charge in [-0.15, -0.1) is 0 Å². The van der Waals surface area contributed by atoms with Crippen molar-refractivity contribution in [2.24, 2.45) is 0 Å². The van der Waals surface area contributed by atoms with Crippen LogP contribution in [0.1, 0.15) is 5.56 Å². The van der Waals surface area contributed by atoms with Gasteiger partial charge in [0, 0.05) is 15.2 Å². The van der Waals surface area contributed by atoms with Crippen LogP contribution in [-0.2, 0) is 0 Å². The van der Waals surface area contributed by atoms with Gasteiger partial charge >= 0.3 is 0 Å². The van der Waals surface area contributed by atoms with Crippen molar-refractivity contribution < 1.29 is 8.78 Å². The lowest BCUT2D eigenvalue weighted by molar-refractivity contribution is 0.580. The first kappa shape index (κ1) is 13.4. The quantitative estimate of drug-likeness (QED) is 0.589. The minimum absolute atomic E-state index is 0.0526. The van der Waals surface area contributed by atoms with Crippen LogP contribution in [0.5, 0.6) is 0 Å². The summed E-state index contributed by atoms with van der Waals surface area (Å²) in [5, 5.41) is 9.02. The van der Waals surface area contributed by atoms with Gasteiger partial charge in [0.2, 0.25) is 5.95 Å². The van der Waals surface area contributed by atoms with E-state index in [-0.39, 0.29) is 32.2 Å². The Bertz CT molecular complexity index is 711. The SMILES string of the molecule is N#Cc1c(N)nc(N)nc1-c1cc(I)c(F)cc1F. The Kier molecular flexibility index (Phi) is 3.48. The predicted octanol–water partition coefficient (Wildman–Crippen LogP) is 2.06. The van der Waals surface area contributed by atoms with Crippen LogP contribution in [0.4, 0.5) is 20.5 Å².